The quantitative estimate of drug-likeness (QED) is 0.649. The maximum absolute atomic E-state index is 11.7. The summed E-state index contributed by atoms with van der Waals surface area (Å²) < 4.78 is 0. The van der Waals surface area contributed by atoms with Gasteiger partial charge >= 0.3 is 0 Å². The average molecular weight is 241 g/mol. The van der Waals surface area contributed by atoms with Gasteiger partial charge < -0.3 is 15.5 Å². The molecule has 1 amide bonds. The van der Waals surface area contributed by atoms with Gasteiger partial charge in [0.25, 0.3) is 0 Å². The van der Waals surface area contributed by atoms with Crippen molar-refractivity contribution in [2.24, 2.45) is 5.92 Å². The zero-order valence-corrected chi connectivity index (χ0v) is 11.3. The molecule has 0 aromatic rings. The normalized spacial score (nSPS) is 17.4. The molecule has 1 fully saturated rings. The molecule has 1 rings (SSSR count). The monoisotopic (exact) mass is 241 g/mol. The molecule has 0 aliphatic carbocycles. The van der Waals surface area contributed by atoms with Gasteiger partial charge in [-0.05, 0) is 25.8 Å². The summed E-state index contributed by atoms with van der Waals surface area (Å²) in [5.41, 5.74) is 0. The molecule has 0 radical (unpaired) electrons. The number of carbonyl (C=O) groups is 1. The Labute approximate surface area is 105 Å². The number of hydrogen-bond donors (Lipinski definition) is 2. The lowest BCUT2D eigenvalue weighted by atomic mass is 10.0. The highest BCUT2D eigenvalue weighted by molar-refractivity contribution is 5.78. The molecular formula is C13H27N3O. The van der Waals surface area contributed by atoms with Gasteiger partial charge in [-0.25, -0.2) is 0 Å². The molecule has 0 aromatic carbocycles. The van der Waals surface area contributed by atoms with Crippen molar-refractivity contribution in [1.29, 1.82) is 0 Å². The summed E-state index contributed by atoms with van der Waals surface area (Å²) in [5.74, 6) is 0.435. The predicted octanol–water partition coefficient (Wildman–Crippen LogP) is 0.834. The maximum atomic E-state index is 11.7. The predicted molar refractivity (Wildman–Crippen MR) is 71.0 cm³/mol. The van der Waals surface area contributed by atoms with Crippen molar-refractivity contribution < 1.29 is 4.79 Å². The molecule has 0 aromatic heterocycles. The molecule has 1 saturated heterocycles. The van der Waals surface area contributed by atoms with Crippen LogP contribution in [0.4, 0.5) is 0 Å². The Morgan fingerprint density at radius 3 is 2.53 bits per heavy atom. The Balaban J connectivity index is 2.04. The summed E-state index contributed by atoms with van der Waals surface area (Å²) in [6.45, 7) is 10.5. The largest absolute Gasteiger partial charge is 0.356 e. The van der Waals surface area contributed by atoms with Crippen LogP contribution >= 0.6 is 0 Å². The summed E-state index contributed by atoms with van der Waals surface area (Å²) >= 11 is 0. The van der Waals surface area contributed by atoms with Crippen molar-refractivity contribution in [3.63, 3.8) is 0 Å². The van der Waals surface area contributed by atoms with Crippen molar-refractivity contribution in [1.82, 2.24) is 15.5 Å². The molecule has 0 unspecified atom stereocenters. The fourth-order valence-electron chi connectivity index (χ4n) is 2.25. The molecule has 0 bridgehead atoms. The van der Waals surface area contributed by atoms with E-state index in [4.69, 9.17) is 0 Å². The second-order valence-electron chi connectivity index (χ2n) is 4.75. The third-order valence-electron chi connectivity index (χ3n) is 3.52. The highest BCUT2D eigenvalue weighted by Gasteiger charge is 2.13. The van der Waals surface area contributed by atoms with Gasteiger partial charge in [-0.1, -0.05) is 13.8 Å². The molecule has 1 heterocycles. The molecule has 1 aliphatic rings. The van der Waals surface area contributed by atoms with Gasteiger partial charge in [-0.2, -0.15) is 0 Å². The fraction of sp³-hybridized carbons (Fsp3) is 0.923. The maximum Gasteiger partial charge on any atom is 0.223 e. The summed E-state index contributed by atoms with van der Waals surface area (Å²) in [4.78, 5) is 14.2. The Morgan fingerprint density at radius 1 is 1.29 bits per heavy atom. The van der Waals surface area contributed by atoms with E-state index in [2.05, 4.69) is 29.4 Å². The highest BCUT2D eigenvalue weighted by atomic mass is 16.1. The lowest BCUT2D eigenvalue weighted by Crippen LogP contribution is -2.44. The topological polar surface area (TPSA) is 44.4 Å². The van der Waals surface area contributed by atoms with Crippen LogP contribution in [0.1, 0.15) is 33.1 Å². The molecule has 0 spiro atoms. The van der Waals surface area contributed by atoms with Crippen LogP contribution in [-0.2, 0) is 4.79 Å². The lowest BCUT2D eigenvalue weighted by molar-refractivity contribution is -0.125. The molecule has 4 heteroatoms. The van der Waals surface area contributed by atoms with Gasteiger partial charge in [0, 0.05) is 38.6 Å². The van der Waals surface area contributed by atoms with Crippen LogP contribution in [0.5, 0.6) is 0 Å². The van der Waals surface area contributed by atoms with Crippen molar-refractivity contribution in [3.8, 4) is 0 Å². The first-order valence-corrected chi connectivity index (χ1v) is 6.98. The second-order valence-corrected chi connectivity index (χ2v) is 4.75. The molecule has 1 aliphatic heterocycles. The number of nitrogens with zero attached hydrogens (tertiary/aromatic N) is 1. The van der Waals surface area contributed by atoms with Crippen LogP contribution in [0.25, 0.3) is 0 Å². The molecule has 17 heavy (non-hydrogen) atoms. The minimum absolute atomic E-state index is 0.203. The number of nitrogens with one attached hydrogen (secondary N) is 2. The van der Waals surface area contributed by atoms with Crippen LogP contribution in [0.3, 0.4) is 0 Å². The zero-order valence-electron chi connectivity index (χ0n) is 11.3. The van der Waals surface area contributed by atoms with E-state index in [-0.39, 0.29) is 11.8 Å². The Kier molecular flexibility index (Phi) is 7.21. The fourth-order valence-corrected chi connectivity index (χ4v) is 2.25. The molecule has 4 nitrogen and oxygen atoms in total. The van der Waals surface area contributed by atoms with Crippen molar-refractivity contribution in [2.45, 2.75) is 33.1 Å². The number of hydrogen-bond acceptors (Lipinski definition) is 3. The van der Waals surface area contributed by atoms with Gasteiger partial charge in [0.1, 0.15) is 0 Å². The van der Waals surface area contributed by atoms with Crippen LogP contribution in [0, 0.1) is 5.92 Å². The zero-order chi connectivity index (χ0) is 12.5. The van der Waals surface area contributed by atoms with Crippen molar-refractivity contribution >= 4 is 5.91 Å². The standard InChI is InChI=1S/C13H27N3O/c1-3-12(4-2)13(17)15-6-5-9-16-10-7-14-8-11-16/h12,14H,3-11H2,1-2H3,(H,15,17). The van der Waals surface area contributed by atoms with E-state index < -0.39 is 0 Å². The Hall–Kier alpha value is -0.610. The minimum atomic E-state index is 0.203. The van der Waals surface area contributed by atoms with E-state index in [1.54, 1.807) is 0 Å². The number of piperazine rings is 1. The molecular weight excluding hydrogens is 214 g/mol. The summed E-state index contributed by atoms with van der Waals surface area (Å²) in [5, 5.41) is 6.39. The van der Waals surface area contributed by atoms with E-state index in [0.717, 1.165) is 58.5 Å². The van der Waals surface area contributed by atoms with E-state index >= 15 is 0 Å². The van der Waals surface area contributed by atoms with E-state index in [0.29, 0.717) is 0 Å². The van der Waals surface area contributed by atoms with Crippen LogP contribution in [0.15, 0.2) is 0 Å². The van der Waals surface area contributed by atoms with Crippen LogP contribution < -0.4 is 10.6 Å². The first kappa shape index (κ1) is 14.5. The van der Waals surface area contributed by atoms with Crippen LogP contribution in [0.2, 0.25) is 0 Å². The molecule has 2 N–H and O–H groups in total. The van der Waals surface area contributed by atoms with Crippen molar-refractivity contribution in [2.75, 3.05) is 39.3 Å². The molecule has 0 atom stereocenters. The summed E-state index contributed by atoms with van der Waals surface area (Å²) in [6.07, 6.45) is 2.95. The first-order valence-electron chi connectivity index (χ1n) is 6.98. The SMILES string of the molecule is CCC(CC)C(=O)NCCCN1CCNCC1. The smallest absolute Gasteiger partial charge is 0.223 e. The van der Waals surface area contributed by atoms with Crippen molar-refractivity contribution in [3.05, 3.63) is 0 Å². The summed E-state index contributed by atoms with van der Waals surface area (Å²) in [7, 11) is 0. The van der Waals surface area contributed by atoms with Gasteiger partial charge in [-0.3, -0.25) is 4.79 Å². The molecule has 0 saturated carbocycles. The first-order chi connectivity index (χ1) is 8.27. The van der Waals surface area contributed by atoms with Gasteiger partial charge in [0.2, 0.25) is 5.91 Å². The number of amides is 1. The second kappa shape index (κ2) is 8.48. The third-order valence-corrected chi connectivity index (χ3v) is 3.52. The van der Waals surface area contributed by atoms with Crippen LogP contribution in [-0.4, -0.2) is 50.1 Å². The molecule has 100 valence electrons. The van der Waals surface area contributed by atoms with Gasteiger partial charge in [0.05, 0.1) is 0 Å². The van der Waals surface area contributed by atoms with E-state index in [1.165, 1.54) is 0 Å². The Bertz CT molecular complexity index is 211. The number of carbonyl (C=O) groups excluding carboxylic acids is 1. The van der Waals surface area contributed by atoms with Gasteiger partial charge in [0.15, 0.2) is 0 Å². The van der Waals surface area contributed by atoms with Gasteiger partial charge in [-0.15, -0.1) is 0 Å². The highest BCUT2D eigenvalue weighted by Crippen LogP contribution is 2.06. The number of rotatable bonds is 7. The minimum Gasteiger partial charge on any atom is -0.356 e. The summed E-state index contributed by atoms with van der Waals surface area (Å²) in [6, 6.07) is 0. The average Bonchev–Trinajstić information content (AvgIpc) is 2.37. The Morgan fingerprint density at radius 2 is 1.94 bits per heavy atom. The van der Waals surface area contributed by atoms with E-state index in [9.17, 15) is 4.79 Å². The van der Waals surface area contributed by atoms with E-state index in [1.807, 2.05) is 0 Å². The third kappa shape index (κ3) is 5.50. The lowest BCUT2D eigenvalue weighted by Gasteiger charge is -2.27.